The number of hydrogen-bond donors (Lipinski definition) is 1. The zero-order valence-electron chi connectivity index (χ0n) is 11.0. The minimum atomic E-state index is -0.751. The Balaban J connectivity index is 2.87. The van der Waals surface area contributed by atoms with Crippen molar-refractivity contribution < 1.29 is 4.21 Å². The van der Waals surface area contributed by atoms with E-state index >= 15 is 0 Å². The summed E-state index contributed by atoms with van der Waals surface area (Å²) in [6.07, 6.45) is 1.92. The van der Waals surface area contributed by atoms with Gasteiger partial charge in [0.15, 0.2) is 0 Å². The Morgan fingerprint density at radius 2 is 1.88 bits per heavy atom. The van der Waals surface area contributed by atoms with Gasteiger partial charge >= 0.3 is 0 Å². The molecule has 3 heteroatoms. The van der Waals surface area contributed by atoms with Crippen LogP contribution in [0.1, 0.15) is 38.3 Å². The lowest BCUT2D eigenvalue weighted by Gasteiger charge is -2.25. The van der Waals surface area contributed by atoms with Gasteiger partial charge in [-0.1, -0.05) is 44.2 Å². The number of hydrogen-bond acceptors (Lipinski definition) is 2. The van der Waals surface area contributed by atoms with E-state index in [0.717, 1.165) is 18.6 Å². The van der Waals surface area contributed by atoms with Crippen LogP contribution in [0, 0.1) is 0 Å². The highest BCUT2D eigenvalue weighted by Gasteiger charge is 2.24. The van der Waals surface area contributed by atoms with Crippen molar-refractivity contribution in [2.24, 2.45) is 0 Å². The molecule has 1 N–H and O–H groups in total. The Labute approximate surface area is 107 Å². The molecule has 0 radical (unpaired) electrons. The van der Waals surface area contributed by atoms with E-state index < -0.39 is 10.8 Å². The molecular weight excluding hydrogens is 230 g/mol. The average molecular weight is 253 g/mol. The second-order valence-electron chi connectivity index (χ2n) is 4.21. The van der Waals surface area contributed by atoms with E-state index in [1.807, 2.05) is 25.2 Å². The fourth-order valence-corrected chi connectivity index (χ4v) is 3.83. The third-order valence-electron chi connectivity index (χ3n) is 2.99. The monoisotopic (exact) mass is 253 g/mol. The van der Waals surface area contributed by atoms with Crippen LogP contribution in [-0.4, -0.2) is 22.3 Å². The molecule has 17 heavy (non-hydrogen) atoms. The van der Waals surface area contributed by atoms with E-state index in [4.69, 9.17) is 0 Å². The van der Waals surface area contributed by atoms with Crippen molar-refractivity contribution in [2.75, 3.05) is 12.8 Å². The third kappa shape index (κ3) is 3.93. The summed E-state index contributed by atoms with van der Waals surface area (Å²) in [5, 5.41) is 3.51. The van der Waals surface area contributed by atoms with E-state index in [9.17, 15) is 4.21 Å². The molecule has 96 valence electrons. The van der Waals surface area contributed by atoms with E-state index in [1.54, 1.807) is 0 Å². The minimum absolute atomic E-state index is 0.189. The van der Waals surface area contributed by atoms with E-state index in [2.05, 4.69) is 31.3 Å². The molecule has 0 aliphatic heterocycles. The summed E-state index contributed by atoms with van der Waals surface area (Å²) in [7, 11) is 1.20. The first-order valence-electron chi connectivity index (χ1n) is 6.33. The zero-order chi connectivity index (χ0) is 12.7. The number of rotatable bonds is 7. The molecule has 0 fully saturated rings. The second kappa shape index (κ2) is 7.62. The first-order valence-corrected chi connectivity index (χ1v) is 7.72. The van der Waals surface area contributed by atoms with Gasteiger partial charge in [0.05, 0.1) is 5.25 Å². The van der Waals surface area contributed by atoms with Crippen LogP contribution >= 0.6 is 0 Å². The highest BCUT2D eigenvalue weighted by Crippen LogP contribution is 2.23. The van der Waals surface area contributed by atoms with Gasteiger partial charge in [-0.15, -0.1) is 0 Å². The Morgan fingerprint density at radius 1 is 1.24 bits per heavy atom. The third-order valence-corrected chi connectivity index (χ3v) is 5.08. The molecule has 3 atom stereocenters. The Hall–Kier alpha value is -0.670. The van der Waals surface area contributed by atoms with Crippen LogP contribution < -0.4 is 5.32 Å². The van der Waals surface area contributed by atoms with E-state index in [1.165, 1.54) is 5.56 Å². The van der Waals surface area contributed by atoms with E-state index in [0.29, 0.717) is 0 Å². The van der Waals surface area contributed by atoms with Gasteiger partial charge in [-0.3, -0.25) is 4.21 Å². The highest BCUT2D eigenvalue weighted by molar-refractivity contribution is 7.85. The molecule has 0 heterocycles. The molecule has 1 rings (SSSR count). The van der Waals surface area contributed by atoms with Crippen LogP contribution in [0.15, 0.2) is 30.3 Å². The molecule has 0 aliphatic carbocycles. The first-order chi connectivity index (χ1) is 8.24. The normalized spacial score (nSPS) is 16.4. The lowest BCUT2D eigenvalue weighted by molar-refractivity contribution is 0.538. The van der Waals surface area contributed by atoms with Gasteiger partial charge in [-0.2, -0.15) is 0 Å². The molecular formula is C14H23NOS. The van der Waals surface area contributed by atoms with E-state index in [-0.39, 0.29) is 11.3 Å². The van der Waals surface area contributed by atoms with Crippen molar-refractivity contribution in [1.29, 1.82) is 0 Å². The van der Waals surface area contributed by atoms with Crippen molar-refractivity contribution in [1.82, 2.24) is 5.32 Å². The maximum Gasteiger partial charge on any atom is 0.0540 e. The van der Waals surface area contributed by atoms with Gasteiger partial charge in [-0.05, 0) is 25.5 Å². The van der Waals surface area contributed by atoms with Crippen LogP contribution in [-0.2, 0) is 10.8 Å². The molecule has 0 amide bonds. The summed E-state index contributed by atoms with van der Waals surface area (Å²) in [5.41, 5.74) is 1.23. The predicted octanol–water partition coefficient (Wildman–Crippen LogP) is 2.88. The van der Waals surface area contributed by atoms with Crippen LogP contribution in [0.4, 0.5) is 0 Å². The van der Waals surface area contributed by atoms with Crippen molar-refractivity contribution in [3.05, 3.63) is 35.9 Å². The Bertz CT molecular complexity index is 339. The smallest absolute Gasteiger partial charge is 0.0540 e. The SMILES string of the molecule is CCCS(=O)C(CC)C(NC)c1ccccc1. The van der Waals surface area contributed by atoms with Crippen molar-refractivity contribution in [3.8, 4) is 0 Å². The molecule has 1 aromatic carbocycles. The molecule has 0 saturated heterocycles. The Morgan fingerprint density at radius 3 is 2.35 bits per heavy atom. The zero-order valence-corrected chi connectivity index (χ0v) is 11.8. The molecule has 3 unspecified atom stereocenters. The minimum Gasteiger partial charge on any atom is -0.312 e. The maximum absolute atomic E-state index is 12.2. The fraction of sp³-hybridized carbons (Fsp3) is 0.571. The summed E-state index contributed by atoms with van der Waals surface area (Å²) in [5.74, 6) is 0.795. The standard InChI is InChI=1S/C14H23NOS/c1-4-11-17(16)13(5-2)14(15-3)12-9-7-6-8-10-12/h6-10,13-15H,4-5,11H2,1-3H3. The van der Waals surface area contributed by atoms with Crippen molar-refractivity contribution in [2.45, 2.75) is 38.0 Å². The van der Waals surface area contributed by atoms with Gasteiger partial charge in [0.2, 0.25) is 0 Å². The molecule has 0 spiro atoms. The summed E-state index contributed by atoms with van der Waals surface area (Å²) in [6, 6.07) is 10.5. The van der Waals surface area contributed by atoms with Crippen LogP contribution in [0.25, 0.3) is 0 Å². The van der Waals surface area contributed by atoms with Crippen molar-refractivity contribution in [3.63, 3.8) is 0 Å². The lowest BCUT2D eigenvalue weighted by Crippen LogP contribution is -2.33. The maximum atomic E-state index is 12.2. The summed E-state index contributed by atoms with van der Waals surface area (Å²) < 4.78 is 12.2. The van der Waals surface area contributed by atoms with Gasteiger partial charge in [0, 0.05) is 22.6 Å². The van der Waals surface area contributed by atoms with Gasteiger partial charge in [0.1, 0.15) is 0 Å². The van der Waals surface area contributed by atoms with Crippen molar-refractivity contribution >= 4 is 10.8 Å². The first kappa shape index (κ1) is 14.4. The Kier molecular flexibility index (Phi) is 6.45. The number of nitrogens with one attached hydrogen (secondary N) is 1. The van der Waals surface area contributed by atoms with Gasteiger partial charge in [0.25, 0.3) is 0 Å². The van der Waals surface area contributed by atoms with Crippen LogP contribution in [0.5, 0.6) is 0 Å². The quantitative estimate of drug-likeness (QED) is 0.809. The highest BCUT2D eigenvalue weighted by atomic mass is 32.2. The molecule has 0 aliphatic rings. The predicted molar refractivity (Wildman–Crippen MR) is 75.6 cm³/mol. The molecule has 0 bridgehead atoms. The second-order valence-corrected chi connectivity index (χ2v) is 5.98. The largest absolute Gasteiger partial charge is 0.312 e. The van der Waals surface area contributed by atoms with Crippen LogP contribution in [0.2, 0.25) is 0 Å². The van der Waals surface area contributed by atoms with Crippen LogP contribution in [0.3, 0.4) is 0 Å². The fourth-order valence-electron chi connectivity index (χ4n) is 2.15. The average Bonchev–Trinajstić information content (AvgIpc) is 2.37. The topological polar surface area (TPSA) is 29.1 Å². The molecule has 0 aromatic heterocycles. The van der Waals surface area contributed by atoms with Gasteiger partial charge < -0.3 is 5.32 Å². The summed E-state index contributed by atoms with van der Waals surface area (Å²) in [4.78, 5) is 0. The number of benzene rings is 1. The summed E-state index contributed by atoms with van der Waals surface area (Å²) in [6.45, 7) is 4.20. The summed E-state index contributed by atoms with van der Waals surface area (Å²) >= 11 is 0. The lowest BCUT2D eigenvalue weighted by atomic mass is 10.0. The molecule has 1 aromatic rings. The van der Waals surface area contributed by atoms with Gasteiger partial charge in [-0.25, -0.2) is 0 Å². The molecule has 2 nitrogen and oxygen atoms in total. The molecule has 0 saturated carbocycles.